The van der Waals surface area contributed by atoms with Gasteiger partial charge in [-0.05, 0) is 42.3 Å². The van der Waals surface area contributed by atoms with Crippen molar-refractivity contribution in [1.82, 2.24) is 24.1 Å². The summed E-state index contributed by atoms with van der Waals surface area (Å²) < 4.78 is 3.41. The average Bonchev–Trinajstić information content (AvgIpc) is 3.16. The van der Waals surface area contributed by atoms with Gasteiger partial charge in [-0.2, -0.15) is 5.10 Å². The van der Waals surface area contributed by atoms with Crippen LogP contribution < -0.4 is 5.56 Å². The van der Waals surface area contributed by atoms with E-state index in [0.29, 0.717) is 17.0 Å². The minimum atomic E-state index is -0.117. The van der Waals surface area contributed by atoms with Crippen molar-refractivity contribution >= 4 is 28.2 Å². The number of nitrogens with zero attached hydrogens (tertiary/aromatic N) is 5. The van der Waals surface area contributed by atoms with Crippen molar-refractivity contribution in [2.45, 2.75) is 19.9 Å². The molecule has 148 valence electrons. The molecule has 0 atom stereocenters. The minimum absolute atomic E-state index is 0.117. The van der Waals surface area contributed by atoms with Crippen LogP contribution in [0, 0.1) is 0 Å². The van der Waals surface area contributed by atoms with Gasteiger partial charge in [0.15, 0.2) is 5.65 Å². The second-order valence-electron chi connectivity index (χ2n) is 7.04. The molecule has 6 nitrogen and oxygen atoms in total. The normalized spacial score (nSPS) is 11.4. The van der Waals surface area contributed by atoms with Gasteiger partial charge in [0.25, 0.3) is 5.56 Å². The summed E-state index contributed by atoms with van der Waals surface area (Å²) in [6, 6.07) is 15.2. The van der Waals surface area contributed by atoms with E-state index in [4.69, 9.17) is 16.7 Å². The first-order chi connectivity index (χ1) is 14.7. The summed E-state index contributed by atoms with van der Waals surface area (Å²) >= 11 is 6.06. The van der Waals surface area contributed by atoms with Gasteiger partial charge in [0.1, 0.15) is 0 Å². The number of benzene rings is 1. The number of hydrogen-bond acceptors (Lipinski definition) is 4. The molecule has 0 amide bonds. The van der Waals surface area contributed by atoms with Crippen molar-refractivity contribution in [2.24, 2.45) is 0 Å². The second-order valence-corrected chi connectivity index (χ2v) is 7.48. The van der Waals surface area contributed by atoms with Gasteiger partial charge in [-0.1, -0.05) is 36.7 Å². The first-order valence-electron chi connectivity index (χ1n) is 9.71. The molecular formula is C23H18ClN5O. The zero-order chi connectivity index (χ0) is 20.7. The van der Waals surface area contributed by atoms with E-state index >= 15 is 0 Å². The van der Waals surface area contributed by atoms with Gasteiger partial charge in [-0.3, -0.25) is 9.78 Å². The maximum Gasteiger partial charge on any atom is 0.261 e. The Morgan fingerprint density at radius 1 is 1.03 bits per heavy atom. The molecule has 4 heterocycles. The standard InChI is InChI=1S/C23H18ClN5O/c1-2-19-21(15-6-8-16(24)9-7-15)22-26-13-18-20(29(22)27-19)10-12-28(23(18)30)14-17-5-3-4-11-25-17/h3-13H,2,14H2,1H3. The molecule has 0 aliphatic carbocycles. The average molecular weight is 416 g/mol. The van der Waals surface area contributed by atoms with Crippen LogP contribution in [-0.4, -0.2) is 24.1 Å². The topological polar surface area (TPSA) is 65.1 Å². The SMILES string of the molecule is CCc1nn2c(ncc3c(=O)n(Cc4ccccn4)ccc32)c1-c1ccc(Cl)cc1. The van der Waals surface area contributed by atoms with Gasteiger partial charge < -0.3 is 4.57 Å². The van der Waals surface area contributed by atoms with Crippen molar-refractivity contribution < 1.29 is 0 Å². The van der Waals surface area contributed by atoms with Crippen LogP contribution in [0.15, 0.2) is 71.9 Å². The first-order valence-corrected chi connectivity index (χ1v) is 10.1. The molecule has 0 N–H and O–H groups in total. The van der Waals surface area contributed by atoms with Crippen molar-refractivity contribution in [2.75, 3.05) is 0 Å². The number of pyridine rings is 2. The van der Waals surface area contributed by atoms with Crippen LogP contribution in [0.1, 0.15) is 18.3 Å². The van der Waals surface area contributed by atoms with Crippen LogP contribution in [0.5, 0.6) is 0 Å². The Hall–Kier alpha value is -3.51. The van der Waals surface area contributed by atoms with Crippen LogP contribution in [-0.2, 0) is 13.0 Å². The highest BCUT2D eigenvalue weighted by Gasteiger charge is 2.17. The molecule has 0 aliphatic heterocycles. The van der Waals surface area contributed by atoms with Gasteiger partial charge in [-0.15, -0.1) is 0 Å². The molecule has 0 unspecified atom stereocenters. The monoisotopic (exact) mass is 415 g/mol. The maximum atomic E-state index is 13.1. The number of rotatable bonds is 4. The summed E-state index contributed by atoms with van der Waals surface area (Å²) in [5.74, 6) is 0. The lowest BCUT2D eigenvalue weighted by molar-refractivity contribution is 0.745. The third kappa shape index (κ3) is 3.06. The molecule has 0 spiro atoms. The quantitative estimate of drug-likeness (QED) is 0.437. The van der Waals surface area contributed by atoms with Gasteiger partial charge in [0.2, 0.25) is 0 Å². The van der Waals surface area contributed by atoms with Crippen molar-refractivity contribution in [3.63, 3.8) is 0 Å². The molecule has 5 rings (SSSR count). The summed E-state index contributed by atoms with van der Waals surface area (Å²) in [5.41, 5.74) is 5.06. The highest BCUT2D eigenvalue weighted by atomic mass is 35.5. The predicted molar refractivity (Wildman–Crippen MR) is 118 cm³/mol. The molecular weight excluding hydrogens is 398 g/mol. The maximum absolute atomic E-state index is 13.1. The molecule has 1 aromatic carbocycles. The molecule has 5 aromatic rings. The summed E-state index contributed by atoms with van der Waals surface area (Å²) in [6.45, 7) is 2.46. The smallest absolute Gasteiger partial charge is 0.261 e. The van der Waals surface area contributed by atoms with E-state index in [-0.39, 0.29) is 5.56 Å². The number of halogens is 1. The van der Waals surface area contributed by atoms with Crippen molar-refractivity contribution in [1.29, 1.82) is 0 Å². The number of hydrogen-bond donors (Lipinski definition) is 0. The Morgan fingerprint density at radius 3 is 2.60 bits per heavy atom. The molecule has 4 aromatic heterocycles. The molecule has 0 saturated carbocycles. The fraction of sp³-hybridized carbons (Fsp3) is 0.130. The van der Waals surface area contributed by atoms with Crippen LogP contribution in [0.4, 0.5) is 0 Å². The number of fused-ring (bicyclic) bond motifs is 3. The Balaban J connectivity index is 1.70. The third-order valence-corrected chi connectivity index (χ3v) is 5.44. The van der Waals surface area contributed by atoms with E-state index in [1.807, 2.05) is 48.5 Å². The van der Waals surface area contributed by atoms with Gasteiger partial charge in [-0.25, -0.2) is 9.50 Å². The lowest BCUT2D eigenvalue weighted by atomic mass is 10.0. The van der Waals surface area contributed by atoms with Crippen LogP contribution in [0.3, 0.4) is 0 Å². The van der Waals surface area contributed by atoms with Gasteiger partial charge in [0.05, 0.1) is 28.8 Å². The van der Waals surface area contributed by atoms with E-state index in [0.717, 1.165) is 40.1 Å². The molecule has 0 aliphatic rings. The van der Waals surface area contributed by atoms with E-state index in [9.17, 15) is 4.79 Å². The third-order valence-electron chi connectivity index (χ3n) is 5.18. The molecule has 7 heteroatoms. The Labute approximate surface area is 177 Å². The first kappa shape index (κ1) is 18.5. The van der Waals surface area contributed by atoms with Crippen LogP contribution in [0.2, 0.25) is 5.02 Å². The van der Waals surface area contributed by atoms with Crippen LogP contribution >= 0.6 is 11.6 Å². The minimum Gasteiger partial charge on any atom is -0.309 e. The van der Waals surface area contributed by atoms with Crippen molar-refractivity contribution in [3.05, 3.63) is 93.9 Å². The van der Waals surface area contributed by atoms with E-state index in [1.165, 1.54) is 0 Å². The summed E-state index contributed by atoms with van der Waals surface area (Å²) in [5, 5.41) is 5.98. The summed E-state index contributed by atoms with van der Waals surface area (Å²) in [4.78, 5) is 22.0. The zero-order valence-electron chi connectivity index (χ0n) is 16.3. The number of aryl methyl sites for hydroxylation is 1. The largest absolute Gasteiger partial charge is 0.309 e. The highest BCUT2D eigenvalue weighted by molar-refractivity contribution is 6.30. The summed E-state index contributed by atoms with van der Waals surface area (Å²) in [6.07, 6.45) is 5.90. The number of aromatic nitrogens is 5. The van der Waals surface area contributed by atoms with E-state index in [2.05, 4.69) is 16.9 Å². The Bertz CT molecular complexity index is 1420. The molecule has 0 radical (unpaired) electrons. The molecule has 0 saturated heterocycles. The van der Waals surface area contributed by atoms with Gasteiger partial charge in [0, 0.05) is 29.2 Å². The lowest BCUT2D eigenvalue weighted by Gasteiger charge is -2.08. The predicted octanol–water partition coefficient (Wildman–Crippen LogP) is 4.37. The Kier molecular flexibility index (Phi) is 4.56. The fourth-order valence-corrected chi connectivity index (χ4v) is 3.83. The second kappa shape index (κ2) is 7.39. The molecule has 30 heavy (non-hydrogen) atoms. The zero-order valence-corrected chi connectivity index (χ0v) is 17.0. The van der Waals surface area contributed by atoms with Gasteiger partial charge >= 0.3 is 0 Å². The fourth-order valence-electron chi connectivity index (χ4n) is 3.70. The van der Waals surface area contributed by atoms with Crippen LogP contribution in [0.25, 0.3) is 27.7 Å². The molecule has 0 fully saturated rings. The lowest BCUT2D eigenvalue weighted by Crippen LogP contribution is -2.21. The molecule has 0 bridgehead atoms. The van der Waals surface area contributed by atoms with E-state index in [1.54, 1.807) is 27.7 Å². The Morgan fingerprint density at radius 2 is 1.87 bits per heavy atom. The van der Waals surface area contributed by atoms with E-state index < -0.39 is 0 Å². The van der Waals surface area contributed by atoms with Crippen molar-refractivity contribution in [3.8, 4) is 11.1 Å². The highest BCUT2D eigenvalue weighted by Crippen LogP contribution is 2.30. The summed E-state index contributed by atoms with van der Waals surface area (Å²) in [7, 11) is 0.